The van der Waals surface area contributed by atoms with Crippen molar-refractivity contribution in [2.24, 2.45) is 7.05 Å². The third-order valence-electron chi connectivity index (χ3n) is 4.26. The number of carbonyl (C=O) groups is 2. The lowest BCUT2D eigenvalue weighted by molar-refractivity contribution is -0.112. The van der Waals surface area contributed by atoms with Gasteiger partial charge in [-0.15, -0.1) is 0 Å². The van der Waals surface area contributed by atoms with Crippen molar-refractivity contribution in [1.29, 1.82) is 0 Å². The summed E-state index contributed by atoms with van der Waals surface area (Å²) in [6.45, 7) is 7.05. The van der Waals surface area contributed by atoms with Gasteiger partial charge < -0.3 is 10.6 Å². The summed E-state index contributed by atoms with van der Waals surface area (Å²) in [5.41, 5.74) is 2.30. The van der Waals surface area contributed by atoms with Gasteiger partial charge in [0.2, 0.25) is 0 Å². The lowest BCUT2D eigenvalue weighted by atomic mass is 10.1. The van der Waals surface area contributed by atoms with E-state index in [1.807, 2.05) is 6.07 Å². The molecule has 0 bridgehead atoms. The Labute approximate surface area is 183 Å². The van der Waals surface area contributed by atoms with E-state index in [9.17, 15) is 9.59 Å². The molecule has 1 aromatic heterocycles. The molecule has 0 radical (unpaired) electrons. The molecule has 0 atom stereocenters. The normalized spacial score (nSPS) is 10.4. The first-order valence-corrected chi connectivity index (χ1v) is 9.57. The minimum Gasteiger partial charge on any atom is -0.322 e. The van der Waals surface area contributed by atoms with Crippen LogP contribution in [0.2, 0.25) is 5.02 Å². The highest BCUT2D eigenvalue weighted by atomic mass is 35.5. The van der Waals surface area contributed by atoms with Gasteiger partial charge in [0.1, 0.15) is 5.82 Å². The summed E-state index contributed by atoms with van der Waals surface area (Å²) in [5.74, 6) is -0.192. The van der Waals surface area contributed by atoms with Crippen molar-refractivity contribution in [3.63, 3.8) is 0 Å². The van der Waals surface area contributed by atoms with E-state index in [0.717, 1.165) is 0 Å². The molecular weight excluding hydrogens is 423 g/mol. The number of hydrogen-bond donors (Lipinski definition) is 2. The molecule has 30 heavy (non-hydrogen) atoms. The standard InChI is InChI=1S/C22H18Cl2N4O2/c1-13(14(2)23)21(29)25-16-9-10-17(18(24)11-16)19-12-20(28(3)27-19)26-22(30)15-7-5-4-6-8-15/h4-12H,1-2H2,3H3,(H,25,29)(H,26,30). The Kier molecular flexibility index (Phi) is 6.40. The molecule has 2 amide bonds. The van der Waals surface area contributed by atoms with Crippen molar-refractivity contribution in [2.45, 2.75) is 0 Å². The topological polar surface area (TPSA) is 76.0 Å². The number of hydrogen-bond acceptors (Lipinski definition) is 3. The molecule has 2 N–H and O–H groups in total. The van der Waals surface area contributed by atoms with Crippen LogP contribution in [0, 0.1) is 0 Å². The number of amides is 2. The number of nitrogens with zero attached hydrogens (tertiary/aromatic N) is 2. The highest BCUT2D eigenvalue weighted by molar-refractivity contribution is 6.36. The van der Waals surface area contributed by atoms with E-state index < -0.39 is 5.91 Å². The predicted octanol–water partition coefficient (Wildman–Crippen LogP) is 5.24. The quantitative estimate of drug-likeness (QED) is 0.406. The number of halogens is 2. The van der Waals surface area contributed by atoms with Crippen LogP contribution in [0.1, 0.15) is 10.4 Å². The summed E-state index contributed by atoms with van der Waals surface area (Å²) in [6, 6.07) is 15.6. The van der Waals surface area contributed by atoms with E-state index in [4.69, 9.17) is 23.2 Å². The maximum absolute atomic E-state index is 12.4. The van der Waals surface area contributed by atoms with E-state index in [-0.39, 0.29) is 16.5 Å². The fraction of sp³-hybridized carbons (Fsp3) is 0.0455. The van der Waals surface area contributed by atoms with E-state index in [1.165, 1.54) is 0 Å². The minimum atomic E-state index is -0.470. The smallest absolute Gasteiger partial charge is 0.256 e. The molecule has 1 heterocycles. The van der Waals surface area contributed by atoms with Gasteiger partial charge in [0.25, 0.3) is 11.8 Å². The second-order valence-corrected chi connectivity index (χ2v) is 7.25. The Morgan fingerprint density at radius 1 is 1.03 bits per heavy atom. The van der Waals surface area contributed by atoms with Gasteiger partial charge in [0, 0.05) is 35.0 Å². The van der Waals surface area contributed by atoms with Crippen molar-refractivity contribution < 1.29 is 9.59 Å². The molecule has 6 nitrogen and oxygen atoms in total. The van der Waals surface area contributed by atoms with E-state index in [1.54, 1.807) is 60.3 Å². The van der Waals surface area contributed by atoms with Crippen LogP contribution >= 0.6 is 23.2 Å². The predicted molar refractivity (Wildman–Crippen MR) is 121 cm³/mol. The molecule has 3 rings (SSSR count). The Morgan fingerprint density at radius 2 is 1.73 bits per heavy atom. The molecule has 0 fully saturated rings. The Morgan fingerprint density at radius 3 is 2.37 bits per heavy atom. The van der Waals surface area contributed by atoms with Gasteiger partial charge in [-0.3, -0.25) is 14.3 Å². The van der Waals surface area contributed by atoms with Gasteiger partial charge in [-0.2, -0.15) is 5.10 Å². The molecular formula is C22H18Cl2N4O2. The van der Waals surface area contributed by atoms with Gasteiger partial charge in [-0.25, -0.2) is 0 Å². The third-order valence-corrected chi connectivity index (χ3v) is 4.80. The fourth-order valence-corrected chi connectivity index (χ4v) is 2.99. The van der Waals surface area contributed by atoms with Crippen LogP contribution in [0.15, 0.2) is 78.4 Å². The number of aromatic nitrogens is 2. The van der Waals surface area contributed by atoms with Crippen molar-refractivity contribution >= 4 is 46.5 Å². The zero-order chi connectivity index (χ0) is 21.8. The van der Waals surface area contributed by atoms with Crippen LogP contribution in [0.4, 0.5) is 11.5 Å². The summed E-state index contributed by atoms with van der Waals surface area (Å²) >= 11 is 12.1. The summed E-state index contributed by atoms with van der Waals surface area (Å²) in [5, 5.41) is 10.3. The average molecular weight is 441 g/mol. The molecule has 0 aliphatic heterocycles. The van der Waals surface area contributed by atoms with Gasteiger partial charge in [-0.1, -0.05) is 54.6 Å². The first kappa shape index (κ1) is 21.4. The van der Waals surface area contributed by atoms with Gasteiger partial charge in [0.05, 0.1) is 16.3 Å². The second kappa shape index (κ2) is 8.98. The van der Waals surface area contributed by atoms with Crippen LogP contribution in [-0.2, 0) is 11.8 Å². The molecule has 0 aliphatic carbocycles. The minimum absolute atomic E-state index is 0.0637. The van der Waals surface area contributed by atoms with Gasteiger partial charge >= 0.3 is 0 Å². The summed E-state index contributed by atoms with van der Waals surface area (Å²) in [6.07, 6.45) is 0. The highest BCUT2D eigenvalue weighted by Gasteiger charge is 2.15. The Hall–Kier alpha value is -3.35. The molecule has 152 valence electrons. The van der Waals surface area contributed by atoms with E-state index >= 15 is 0 Å². The molecule has 0 unspecified atom stereocenters. The number of anilines is 2. The summed E-state index contributed by atoms with van der Waals surface area (Å²) < 4.78 is 1.55. The average Bonchev–Trinajstić information content (AvgIpc) is 3.07. The molecule has 0 aliphatic rings. The summed E-state index contributed by atoms with van der Waals surface area (Å²) in [7, 11) is 1.72. The lowest BCUT2D eigenvalue weighted by Crippen LogP contribution is -2.14. The van der Waals surface area contributed by atoms with Crippen molar-refractivity contribution in [3.8, 4) is 11.3 Å². The van der Waals surface area contributed by atoms with Gasteiger partial charge in [-0.05, 0) is 30.3 Å². The first-order chi connectivity index (χ1) is 14.3. The number of rotatable bonds is 6. The number of carbonyl (C=O) groups excluding carboxylic acids is 2. The first-order valence-electron chi connectivity index (χ1n) is 8.81. The van der Waals surface area contributed by atoms with Crippen molar-refractivity contribution in [3.05, 3.63) is 88.9 Å². The SMILES string of the molecule is C=C(Cl)C(=C)C(=O)Nc1ccc(-c2cc(NC(=O)c3ccccc3)n(C)n2)c(Cl)c1. The van der Waals surface area contributed by atoms with Crippen molar-refractivity contribution in [1.82, 2.24) is 9.78 Å². The number of aryl methyl sites for hydroxylation is 1. The van der Waals surface area contributed by atoms with Crippen molar-refractivity contribution in [2.75, 3.05) is 10.6 Å². The maximum atomic E-state index is 12.4. The zero-order valence-corrected chi connectivity index (χ0v) is 17.6. The second-order valence-electron chi connectivity index (χ2n) is 6.39. The van der Waals surface area contributed by atoms with Crippen LogP contribution in [0.5, 0.6) is 0 Å². The maximum Gasteiger partial charge on any atom is 0.256 e. The molecule has 2 aromatic carbocycles. The van der Waals surface area contributed by atoms with Crippen LogP contribution in [-0.4, -0.2) is 21.6 Å². The lowest BCUT2D eigenvalue weighted by Gasteiger charge is -2.08. The largest absolute Gasteiger partial charge is 0.322 e. The van der Waals surface area contributed by atoms with Crippen LogP contribution in [0.3, 0.4) is 0 Å². The van der Waals surface area contributed by atoms with E-state index in [0.29, 0.717) is 33.3 Å². The van der Waals surface area contributed by atoms with Gasteiger partial charge in [0.15, 0.2) is 0 Å². The zero-order valence-electron chi connectivity index (χ0n) is 16.1. The Bertz CT molecular complexity index is 1150. The molecule has 8 heteroatoms. The monoisotopic (exact) mass is 440 g/mol. The van der Waals surface area contributed by atoms with E-state index in [2.05, 4.69) is 28.9 Å². The molecule has 0 saturated heterocycles. The molecule has 0 spiro atoms. The third kappa shape index (κ3) is 4.79. The van der Waals surface area contributed by atoms with Crippen LogP contribution < -0.4 is 10.6 Å². The molecule has 3 aromatic rings. The van der Waals surface area contributed by atoms with Crippen LogP contribution in [0.25, 0.3) is 11.3 Å². The number of benzene rings is 2. The summed E-state index contributed by atoms with van der Waals surface area (Å²) in [4.78, 5) is 24.4. The number of nitrogens with one attached hydrogen (secondary N) is 2. The Balaban J connectivity index is 1.79. The fourth-order valence-electron chi connectivity index (χ4n) is 2.62. The highest BCUT2D eigenvalue weighted by Crippen LogP contribution is 2.31. The molecule has 0 saturated carbocycles.